The molecule has 0 aromatic heterocycles. The van der Waals surface area contributed by atoms with Gasteiger partial charge < -0.3 is 0 Å². The second-order valence-corrected chi connectivity index (χ2v) is 26.7. The first-order chi connectivity index (χ1) is 26.8. The first-order valence-corrected chi connectivity index (χ1v) is 25.9. The highest BCUT2D eigenvalue weighted by molar-refractivity contribution is 5.43. The second kappa shape index (κ2) is 12.4. The van der Waals surface area contributed by atoms with Gasteiger partial charge in [-0.2, -0.15) is 0 Å². The van der Waals surface area contributed by atoms with Gasteiger partial charge in [-0.1, -0.05) is 143 Å². The third kappa shape index (κ3) is 4.46. The number of rotatable bonds is 2. The van der Waals surface area contributed by atoms with Gasteiger partial charge in [-0.3, -0.25) is 0 Å². The highest BCUT2D eigenvalue weighted by Crippen LogP contribution is 2.91. The van der Waals surface area contributed by atoms with Crippen molar-refractivity contribution >= 4 is 0 Å². The van der Waals surface area contributed by atoms with E-state index < -0.39 is 0 Å². The standard InChI is InChI=1S/C22H36.C19H30.C16H24/c1-6-10-16-15-11-7-8-12-17(15)19-14-9-13-18(16)22(19)20(2,3)21(22,4)5;1-17(2)18(3,4)19(17)14-9-7-11-16(19)15-10-6-5-8-13(15)12-14;1-14(2)15(3,4)16(14)12-6-10-5-11(8-12)9-13(16)7-10/h16,18-19H,6-14H2,1-5H3;14,16H,5-12H2,1-4H3;5,10,12-13H,6-9H2,1-4H3. The Hall–Kier alpha value is -0.780. The summed E-state index contributed by atoms with van der Waals surface area (Å²) in [6.07, 6.45) is 33.5. The quantitative estimate of drug-likeness (QED) is 0.245. The Kier molecular flexibility index (Phi) is 8.80. The Bertz CT molecular complexity index is 1690. The summed E-state index contributed by atoms with van der Waals surface area (Å²) in [5, 5.41) is 0. The van der Waals surface area contributed by atoms with Crippen molar-refractivity contribution in [2.45, 2.75) is 225 Å². The van der Waals surface area contributed by atoms with Crippen LogP contribution in [-0.4, -0.2) is 0 Å². The van der Waals surface area contributed by atoms with Gasteiger partial charge in [-0.25, -0.2) is 0 Å². The SMILES string of the molecule is CC1(C)C(C)(C)C12C1CC3=CC(C1)CC2C3.CC1(C)C(C)(C)C12C1CCCC2C2=C(CCCC2)C1.CCCC1C2=C(CCCC2)C2CCCC1C21C(C)(C)C1(C)C. The first kappa shape index (κ1) is 40.3. The van der Waals surface area contributed by atoms with Gasteiger partial charge in [0.1, 0.15) is 0 Å². The summed E-state index contributed by atoms with van der Waals surface area (Å²) in [5.41, 5.74) is 15.0. The van der Waals surface area contributed by atoms with Crippen LogP contribution in [0.5, 0.6) is 0 Å². The van der Waals surface area contributed by atoms with Crippen LogP contribution in [0, 0.1) is 96.1 Å². The maximum absolute atomic E-state index is 2.63. The molecule has 0 heterocycles. The average Bonchev–Trinajstić information content (AvgIpc) is 3.82. The summed E-state index contributed by atoms with van der Waals surface area (Å²) in [4.78, 5) is 0. The molecule has 0 aromatic rings. The molecule has 7 fully saturated rings. The fourth-order valence-corrected chi connectivity index (χ4v) is 22.2. The molecule has 57 heavy (non-hydrogen) atoms. The lowest BCUT2D eigenvalue weighted by molar-refractivity contribution is 0.0136. The van der Waals surface area contributed by atoms with Gasteiger partial charge in [-0.15, -0.1) is 0 Å². The maximum atomic E-state index is 2.63. The molecule has 0 aromatic carbocycles. The lowest BCUT2D eigenvalue weighted by Gasteiger charge is -2.54. The molecular formula is C57H90. The molecule has 13 rings (SSSR count). The van der Waals surface area contributed by atoms with E-state index in [0.29, 0.717) is 48.7 Å². The third-order valence-electron chi connectivity index (χ3n) is 25.1. The van der Waals surface area contributed by atoms with Crippen LogP contribution < -0.4 is 0 Å². The molecule has 0 aliphatic heterocycles. The van der Waals surface area contributed by atoms with E-state index in [4.69, 9.17) is 0 Å². The Morgan fingerprint density at radius 2 is 0.965 bits per heavy atom. The van der Waals surface area contributed by atoms with Crippen molar-refractivity contribution in [3.8, 4) is 0 Å². The average molecular weight is 775 g/mol. The Balaban J connectivity index is 0.000000105. The van der Waals surface area contributed by atoms with Crippen LogP contribution in [0.15, 0.2) is 33.9 Å². The number of hydrogen-bond acceptors (Lipinski definition) is 0. The van der Waals surface area contributed by atoms with E-state index in [0.717, 1.165) is 47.3 Å². The zero-order valence-electron chi connectivity index (χ0n) is 40.0. The van der Waals surface area contributed by atoms with E-state index in [1.807, 2.05) is 27.9 Å². The lowest BCUT2D eigenvalue weighted by Crippen LogP contribution is -2.46. The van der Waals surface area contributed by atoms with Crippen LogP contribution in [0.4, 0.5) is 0 Å². The van der Waals surface area contributed by atoms with Gasteiger partial charge in [0.05, 0.1) is 0 Å². The molecule has 3 spiro atoms. The molecule has 0 amide bonds. The summed E-state index contributed by atoms with van der Waals surface area (Å²) in [7, 11) is 0. The predicted molar refractivity (Wildman–Crippen MR) is 243 cm³/mol. The molecule has 0 saturated heterocycles. The Morgan fingerprint density at radius 1 is 0.474 bits per heavy atom. The number of fused-ring (bicyclic) bond motifs is 2. The molecule has 0 nitrogen and oxygen atoms in total. The van der Waals surface area contributed by atoms with Crippen molar-refractivity contribution in [3.05, 3.63) is 33.9 Å². The van der Waals surface area contributed by atoms with E-state index in [1.54, 1.807) is 0 Å². The molecule has 8 bridgehead atoms. The second-order valence-electron chi connectivity index (χ2n) is 26.7. The van der Waals surface area contributed by atoms with Gasteiger partial charge >= 0.3 is 0 Å². The zero-order chi connectivity index (χ0) is 40.6. The summed E-state index contributed by atoms with van der Waals surface area (Å²) in [6.45, 7) is 33.3. The molecule has 0 N–H and O–H groups in total. The topological polar surface area (TPSA) is 0 Å². The smallest absolute Gasteiger partial charge is 0.00849 e. The van der Waals surface area contributed by atoms with Crippen molar-refractivity contribution in [2.75, 3.05) is 0 Å². The molecule has 7 saturated carbocycles. The van der Waals surface area contributed by atoms with E-state index in [9.17, 15) is 0 Å². The van der Waals surface area contributed by atoms with Crippen LogP contribution in [0.1, 0.15) is 225 Å². The van der Waals surface area contributed by atoms with E-state index in [1.165, 1.54) is 135 Å². The summed E-state index contributed by atoms with van der Waals surface area (Å²) in [6, 6.07) is 0. The van der Waals surface area contributed by atoms with Crippen LogP contribution in [0.3, 0.4) is 0 Å². The normalized spacial score (nSPS) is 42.9. The van der Waals surface area contributed by atoms with Crippen LogP contribution >= 0.6 is 0 Å². The summed E-state index contributed by atoms with van der Waals surface area (Å²) >= 11 is 0. The zero-order valence-corrected chi connectivity index (χ0v) is 40.0. The summed E-state index contributed by atoms with van der Waals surface area (Å²) < 4.78 is 0. The van der Waals surface area contributed by atoms with Gasteiger partial charge in [-0.05, 0) is 212 Å². The molecule has 0 radical (unpaired) electrons. The van der Waals surface area contributed by atoms with Crippen molar-refractivity contribution in [2.24, 2.45) is 96.1 Å². The molecular weight excluding hydrogens is 685 g/mol. The minimum atomic E-state index is 0.539. The Morgan fingerprint density at radius 3 is 1.49 bits per heavy atom. The van der Waals surface area contributed by atoms with E-state index in [-0.39, 0.29) is 0 Å². The van der Waals surface area contributed by atoms with Crippen LogP contribution in [0.2, 0.25) is 0 Å². The monoisotopic (exact) mass is 775 g/mol. The molecule has 13 aliphatic carbocycles. The van der Waals surface area contributed by atoms with Crippen molar-refractivity contribution in [1.82, 2.24) is 0 Å². The molecule has 13 aliphatic rings. The highest BCUT2D eigenvalue weighted by atomic mass is 14.9. The molecule has 7 atom stereocenters. The summed E-state index contributed by atoms with van der Waals surface area (Å²) in [5.74, 6) is 7.86. The fourth-order valence-electron chi connectivity index (χ4n) is 22.2. The number of allylic oxidation sites excluding steroid dienone is 6. The van der Waals surface area contributed by atoms with Crippen LogP contribution in [0.25, 0.3) is 0 Å². The van der Waals surface area contributed by atoms with Crippen molar-refractivity contribution in [1.29, 1.82) is 0 Å². The maximum Gasteiger partial charge on any atom is -0.00849 e. The largest absolute Gasteiger partial charge is 0.0822 e. The lowest BCUT2D eigenvalue weighted by atomic mass is 9.50. The van der Waals surface area contributed by atoms with Crippen molar-refractivity contribution in [3.63, 3.8) is 0 Å². The molecule has 318 valence electrons. The highest BCUT2D eigenvalue weighted by Gasteiger charge is 2.85. The van der Waals surface area contributed by atoms with Gasteiger partial charge in [0.2, 0.25) is 0 Å². The first-order valence-electron chi connectivity index (χ1n) is 25.9. The van der Waals surface area contributed by atoms with Gasteiger partial charge in [0.15, 0.2) is 0 Å². The molecule has 7 unspecified atom stereocenters. The minimum Gasteiger partial charge on any atom is -0.0822 e. The van der Waals surface area contributed by atoms with Crippen molar-refractivity contribution < 1.29 is 0 Å². The third-order valence-corrected chi connectivity index (χ3v) is 25.1. The van der Waals surface area contributed by atoms with Gasteiger partial charge in [0, 0.05) is 0 Å². The van der Waals surface area contributed by atoms with E-state index in [2.05, 4.69) is 96.1 Å². The van der Waals surface area contributed by atoms with Gasteiger partial charge in [0.25, 0.3) is 0 Å². The number of hydrogen-bond donors (Lipinski definition) is 0. The van der Waals surface area contributed by atoms with E-state index >= 15 is 0 Å². The fraction of sp³-hybridized carbons (Fsp3) is 0.895. The molecule has 0 heteroatoms. The minimum absolute atomic E-state index is 0.539. The Labute approximate surface area is 353 Å². The predicted octanol–water partition coefficient (Wildman–Crippen LogP) is 16.9. The van der Waals surface area contributed by atoms with Crippen LogP contribution in [-0.2, 0) is 0 Å².